The van der Waals surface area contributed by atoms with Crippen LogP contribution in [-0.4, -0.2) is 11.7 Å². The Bertz CT molecular complexity index is 719. The highest BCUT2D eigenvalue weighted by atomic mass is 16.2. The minimum atomic E-state index is -0.0489. The summed E-state index contributed by atoms with van der Waals surface area (Å²) in [6.07, 6.45) is 2.44. The first kappa shape index (κ1) is 15.5. The van der Waals surface area contributed by atoms with E-state index in [0.29, 0.717) is 5.56 Å². The Morgan fingerprint density at radius 2 is 1.78 bits per heavy atom. The molecule has 0 saturated carbocycles. The highest BCUT2D eigenvalue weighted by Gasteiger charge is 2.23. The van der Waals surface area contributed by atoms with E-state index >= 15 is 0 Å². The van der Waals surface area contributed by atoms with Crippen molar-refractivity contribution in [2.75, 3.05) is 0 Å². The van der Waals surface area contributed by atoms with Crippen LogP contribution in [0.1, 0.15) is 52.4 Å². The quantitative estimate of drug-likeness (QED) is 0.855. The van der Waals surface area contributed by atoms with Crippen LogP contribution in [-0.2, 0) is 11.2 Å². The third kappa shape index (κ3) is 3.67. The predicted molar refractivity (Wildman–Crippen MR) is 90.4 cm³/mol. The van der Waals surface area contributed by atoms with Gasteiger partial charge in [0, 0.05) is 18.4 Å². The second kappa shape index (κ2) is 6.78. The van der Waals surface area contributed by atoms with Crippen molar-refractivity contribution < 1.29 is 9.59 Å². The Kier molecular flexibility index (Phi) is 4.56. The van der Waals surface area contributed by atoms with Gasteiger partial charge >= 0.3 is 0 Å². The minimum absolute atomic E-state index is 0.0203. The fourth-order valence-electron chi connectivity index (χ4n) is 3.08. The molecule has 0 aliphatic heterocycles. The molecule has 118 valence electrons. The molecule has 3 heteroatoms. The number of Topliss-reactive ketones (excluding diaryl/α,β-unsaturated/α-hetero) is 1. The maximum absolute atomic E-state index is 12.1. The van der Waals surface area contributed by atoms with Crippen molar-refractivity contribution in [1.29, 1.82) is 0 Å². The Balaban J connectivity index is 1.52. The van der Waals surface area contributed by atoms with Crippen LogP contribution in [0.5, 0.6) is 0 Å². The summed E-state index contributed by atoms with van der Waals surface area (Å²) in [4.78, 5) is 24.3. The van der Waals surface area contributed by atoms with Crippen LogP contribution >= 0.6 is 0 Å². The lowest BCUT2D eigenvalue weighted by atomic mass is 10.0. The molecule has 0 radical (unpaired) electrons. The first-order valence-corrected chi connectivity index (χ1v) is 8.10. The average Bonchev–Trinajstić information content (AvgIpc) is 2.96. The summed E-state index contributed by atoms with van der Waals surface area (Å²) >= 11 is 0. The number of amides is 1. The molecule has 1 atom stereocenters. The summed E-state index contributed by atoms with van der Waals surface area (Å²) in [7, 11) is 0. The summed E-state index contributed by atoms with van der Waals surface area (Å²) in [5, 5.41) is 3.06. The van der Waals surface area contributed by atoms with Gasteiger partial charge in [-0.25, -0.2) is 0 Å². The fourth-order valence-corrected chi connectivity index (χ4v) is 3.08. The first-order valence-electron chi connectivity index (χ1n) is 8.10. The van der Waals surface area contributed by atoms with Gasteiger partial charge in [0.1, 0.15) is 0 Å². The van der Waals surface area contributed by atoms with Gasteiger partial charge in [0.05, 0.1) is 6.04 Å². The normalized spacial score (nSPS) is 16.0. The number of ketones is 1. The second-order valence-corrected chi connectivity index (χ2v) is 6.15. The number of rotatable bonds is 5. The van der Waals surface area contributed by atoms with E-state index in [0.717, 1.165) is 18.4 Å². The zero-order valence-electron chi connectivity index (χ0n) is 13.3. The van der Waals surface area contributed by atoms with Gasteiger partial charge < -0.3 is 5.32 Å². The molecular weight excluding hydrogens is 286 g/mol. The van der Waals surface area contributed by atoms with E-state index in [2.05, 4.69) is 17.4 Å². The van der Waals surface area contributed by atoms with Gasteiger partial charge in [-0.2, -0.15) is 0 Å². The van der Waals surface area contributed by atoms with Crippen molar-refractivity contribution in [2.24, 2.45) is 0 Å². The van der Waals surface area contributed by atoms with Crippen LogP contribution in [0, 0.1) is 6.92 Å². The maximum Gasteiger partial charge on any atom is 0.220 e. The molecule has 1 amide bonds. The Morgan fingerprint density at radius 1 is 1.04 bits per heavy atom. The zero-order chi connectivity index (χ0) is 16.2. The largest absolute Gasteiger partial charge is 0.349 e. The number of hydrogen-bond donors (Lipinski definition) is 1. The van der Waals surface area contributed by atoms with E-state index in [1.807, 2.05) is 43.3 Å². The second-order valence-electron chi connectivity index (χ2n) is 6.15. The topological polar surface area (TPSA) is 46.2 Å². The Hall–Kier alpha value is -2.42. The molecule has 2 aromatic rings. The lowest BCUT2D eigenvalue weighted by Crippen LogP contribution is -2.27. The molecular formula is C20H21NO2. The van der Waals surface area contributed by atoms with Crippen molar-refractivity contribution in [2.45, 2.75) is 38.6 Å². The van der Waals surface area contributed by atoms with Gasteiger partial charge in [-0.1, -0.05) is 54.1 Å². The lowest BCUT2D eigenvalue weighted by Gasteiger charge is -2.14. The summed E-state index contributed by atoms with van der Waals surface area (Å²) in [5.74, 6) is -0.0286. The highest BCUT2D eigenvalue weighted by molar-refractivity contribution is 5.98. The summed E-state index contributed by atoms with van der Waals surface area (Å²) in [6.45, 7) is 1.99. The number of hydrogen-bond acceptors (Lipinski definition) is 2. The third-order valence-corrected chi connectivity index (χ3v) is 4.42. The SMILES string of the molecule is Cc1ccc(C(=O)CCC(=O)NC2CCc3ccccc32)cc1. The number of nitrogens with one attached hydrogen (secondary N) is 1. The molecule has 1 unspecified atom stereocenters. The minimum Gasteiger partial charge on any atom is -0.349 e. The molecule has 1 aliphatic rings. The van der Waals surface area contributed by atoms with Gasteiger partial charge in [0.2, 0.25) is 5.91 Å². The van der Waals surface area contributed by atoms with Gasteiger partial charge in [-0.15, -0.1) is 0 Å². The average molecular weight is 307 g/mol. The lowest BCUT2D eigenvalue weighted by molar-refractivity contribution is -0.121. The van der Waals surface area contributed by atoms with Crippen LogP contribution in [0.15, 0.2) is 48.5 Å². The predicted octanol–water partition coefficient (Wildman–Crippen LogP) is 3.76. The molecule has 1 N–H and O–H groups in total. The number of aryl methyl sites for hydroxylation is 2. The first-order chi connectivity index (χ1) is 11.1. The molecule has 3 nitrogen and oxygen atoms in total. The van der Waals surface area contributed by atoms with Crippen molar-refractivity contribution in [3.05, 3.63) is 70.8 Å². The number of carbonyl (C=O) groups is 2. The smallest absolute Gasteiger partial charge is 0.220 e. The van der Waals surface area contributed by atoms with E-state index in [-0.39, 0.29) is 30.6 Å². The summed E-state index contributed by atoms with van der Waals surface area (Å²) < 4.78 is 0. The van der Waals surface area contributed by atoms with Crippen molar-refractivity contribution in [3.8, 4) is 0 Å². The van der Waals surface area contributed by atoms with Crippen molar-refractivity contribution >= 4 is 11.7 Å². The summed E-state index contributed by atoms with van der Waals surface area (Å²) in [5.41, 5.74) is 4.33. The monoisotopic (exact) mass is 307 g/mol. The Morgan fingerprint density at radius 3 is 2.57 bits per heavy atom. The van der Waals surface area contributed by atoms with Crippen LogP contribution < -0.4 is 5.32 Å². The van der Waals surface area contributed by atoms with Crippen LogP contribution in [0.2, 0.25) is 0 Å². The molecule has 0 fully saturated rings. The van der Waals surface area contributed by atoms with Gasteiger partial charge in [0.15, 0.2) is 5.78 Å². The molecule has 23 heavy (non-hydrogen) atoms. The molecule has 0 saturated heterocycles. The van der Waals surface area contributed by atoms with Crippen LogP contribution in [0.25, 0.3) is 0 Å². The van der Waals surface area contributed by atoms with Crippen molar-refractivity contribution in [1.82, 2.24) is 5.32 Å². The highest BCUT2D eigenvalue weighted by Crippen LogP contribution is 2.30. The molecule has 1 aliphatic carbocycles. The third-order valence-electron chi connectivity index (χ3n) is 4.42. The molecule has 2 aromatic carbocycles. The standard InChI is InChI=1S/C20H21NO2/c1-14-6-8-16(9-7-14)19(22)12-13-20(23)21-18-11-10-15-4-2-3-5-17(15)18/h2-9,18H,10-13H2,1H3,(H,21,23). The van der Waals surface area contributed by atoms with Gasteiger partial charge in [-0.05, 0) is 30.9 Å². The Labute approximate surface area is 136 Å². The number of carbonyl (C=O) groups excluding carboxylic acids is 2. The van der Waals surface area contributed by atoms with E-state index in [9.17, 15) is 9.59 Å². The molecule has 0 aromatic heterocycles. The maximum atomic E-state index is 12.1. The fraction of sp³-hybridized carbons (Fsp3) is 0.300. The molecule has 3 rings (SSSR count). The van der Waals surface area contributed by atoms with E-state index in [1.165, 1.54) is 11.1 Å². The van der Waals surface area contributed by atoms with Crippen molar-refractivity contribution in [3.63, 3.8) is 0 Å². The van der Waals surface area contributed by atoms with E-state index in [1.54, 1.807) is 0 Å². The van der Waals surface area contributed by atoms with E-state index < -0.39 is 0 Å². The summed E-state index contributed by atoms with van der Waals surface area (Å²) in [6, 6.07) is 15.8. The number of benzene rings is 2. The van der Waals surface area contributed by atoms with Crippen LogP contribution in [0.4, 0.5) is 0 Å². The molecule has 0 heterocycles. The van der Waals surface area contributed by atoms with Gasteiger partial charge in [0.25, 0.3) is 0 Å². The van der Waals surface area contributed by atoms with Crippen LogP contribution in [0.3, 0.4) is 0 Å². The van der Waals surface area contributed by atoms with Gasteiger partial charge in [-0.3, -0.25) is 9.59 Å². The molecule has 0 bridgehead atoms. The zero-order valence-corrected chi connectivity index (χ0v) is 13.3. The van der Waals surface area contributed by atoms with E-state index in [4.69, 9.17) is 0 Å². The molecule has 0 spiro atoms. The number of fused-ring (bicyclic) bond motifs is 1.